The molecule has 1 saturated carbocycles. The molecule has 1 aromatic rings. The summed E-state index contributed by atoms with van der Waals surface area (Å²) in [5.74, 6) is 0.532. The molecular weight excluding hydrogens is 206 g/mol. The third-order valence-corrected chi connectivity index (χ3v) is 2.64. The number of hydrogen-bond donors (Lipinski definition) is 2. The lowest BCUT2D eigenvalue weighted by Gasteiger charge is -2.26. The average molecular weight is 221 g/mol. The van der Waals surface area contributed by atoms with E-state index in [0.29, 0.717) is 17.6 Å². The van der Waals surface area contributed by atoms with E-state index < -0.39 is 0 Å². The van der Waals surface area contributed by atoms with E-state index in [1.54, 1.807) is 25.4 Å². The quantitative estimate of drug-likeness (QED) is 0.817. The highest BCUT2D eigenvalue weighted by atomic mass is 16.5. The summed E-state index contributed by atoms with van der Waals surface area (Å²) in [6.45, 7) is 0. The van der Waals surface area contributed by atoms with Crippen LogP contribution in [-0.2, 0) is 0 Å². The molecule has 2 rings (SSSR count). The number of urea groups is 1. The fourth-order valence-corrected chi connectivity index (χ4v) is 1.48. The Bertz CT molecular complexity index is 360. The maximum Gasteiger partial charge on any atom is 0.319 e. The minimum Gasteiger partial charge on any atom is -0.481 e. The smallest absolute Gasteiger partial charge is 0.319 e. The first kappa shape index (κ1) is 10.7. The summed E-state index contributed by atoms with van der Waals surface area (Å²) >= 11 is 0. The molecule has 0 aliphatic heterocycles. The second-order valence-electron chi connectivity index (χ2n) is 3.82. The van der Waals surface area contributed by atoms with Crippen molar-refractivity contribution < 1.29 is 9.53 Å². The summed E-state index contributed by atoms with van der Waals surface area (Å²) in [7, 11) is 1.55. The topological polar surface area (TPSA) is 63.2 Å². The Morgan fingerprint density at radius 2 is 2.31 bits per heavy atom. The molecule has 1 aliphatic rings. The van der Waals surface area contributed by atoms with Crippen molar-refractivity contribution in [2.75, 3.05) is 12.4 Å². The van der Waals surface area contributed by atoms with Crippen molar-refractivity contribution in [3.63, 3.8) is 0 Å². The first-order valence-electron chi connectivity index (χ1n) is 5.35. The Morgan fingerprint density at radius 1 is 1.50 bits per heavy atom. The fraction of sp³-hybridized carbons (Fsp3) is 0.455. The first-order valence-corrected chi connectivity index (χ1v) is 5.35. The molecule has 5 nitrogen and oxygen atoms in total. The minimum absolute atomic E-state index is 0.170. The molecule has 0 aromatic carbocycles. The van der Waals surface area contributed by atoms with Crippen molar-refractivity contribution in [1.29, 1.82) is 0 Å². The van der Waals surface area contributed by atoms with Crippen molar-refractivity contribution in [2.24, 2.45) is 0 Å². The molecule has 86 valence electrons. The van der Waals surface area contributed by atoms with Gasteiger partial charge in [-0.1, -0.05) is 0 Å². The van der Waals surface area contributed by atoms with Crippen molar-refractivity contribution in [2.45, 2.75) is 25.3 Å². The van der Waals surface area contributed by atoms with Crippen molar-refractivity contribution in [1.82, 2.24) is 10.3 Å². The predicted molar refractivity (Wildman–Crippen MR) is 60.6 cm³/mol. The van der Waals surface area contributed by atoms with Gasteiger partial charge in [-0.3, -0.25) is 0 Å². The number of amides is 2. The summed E-state index contributed by atoms with van der Waals surface area (Å²) in [5.41, 5.74) is 0.664. The number of aromatic nitrogens is 1. The van der Waals surface area contributed by atoms with Gasteiger partial charge in [0.25, 0.3) is 0 Å². The zero-order chi connectivity index (χ0) is 11.4. The third-order valence-electron chi connectivity index (χ3n) is 2.64. The van der Waals surface area contributed by atoms with Gasteiger partial charge in [0, 0.05) is 12.1 Å². The highest BCUT2D eigenvalue weighted by Crippen LogP contribution is 2.18. The zero-order valence-corrected chi connectivity index (χ0v) is 9.19. The summed E-state index contributed by atoms with van der Waals surface area (Å²) in [6.07, 6.45) is 4.93. The number of methoxy groups -OCH3 is 1. The molecule has 1 heterocycles. The summed E-state index contributed by atoms with van der Waals surface area (Å²) in [4.78, 5) is 15.5. The number of pyridine rings is 1. The van der Waals surface area contributed by atoms with E-state index in [1.807, 2.05) is 0 Å². The molecule has 0 unspecified atom stereocenters. The van der Waals surface area contributed by atoms with Gasteiger partial charge < -0.3 is 15.4 Å². The van der Waals surface area contributed by atoms with Gasteiger partial charge in [-0.25, -0.2) is 9.78 Å². The van der Waals surface area contributed by atoms with Gasteiger partial charge in [-0.2, -0.15) is 0 Å². The number of rotatable bonds is 3. The van der Waals surface area contributed by atoms with Crippen LogP contribution in [0, 0.1) is 0 Å². The van der Waals surface area contributed by atoms with Crippen LogP contribution in [0.2, 0.25) is 0 Å². The second-order valence-corrected chi connectivity index (χ2v) is 3.82. The van der Waals surface area contributed by atoms with Crippen LogP contribution in [0.4, 0.5) is 10.5 Å². The highest BCUT2D eigenvalue weighted by Gasteiger charge is 2.19. The number of carbonyl (C=O) groups excluding carboxylic acids is 1. The molecule has 0 bridgehead atoms. The lowest BCUT2D eigenvalue weighted by Crippen LogP contribution is -2.41. The predicted octanol–water partition coefficient (Wildman–Crippen LogP) is 1.76. The average Bonchev–Trinajstić information content (AvgIpc) is 2.25. The van der Waals surface area contributed by atoms with E-state index in [-0.39, 0.29) is 6.03 Å². The van der Waals surface area contributed by atoms with Gasteiger partial charge in [0.2, 0.25) is 5.88 Å². The maximum atomic E-state index is 11.5. The molecule has 1 aliphatic carbocycles. The van der Waals surface area contributed by atoms with E-state index in [4.69, 9.17) is 4.74 Å². The van der Waals surface area contributed by atoms with E-state index >= 15 is 0 Å². The molecule has 16 heavy (non-hydrogen) atoms. The van der Waals surface area contributed by atoms with E-state index in [1.165, 1.54) is 6.42 Å². The van der Waals surface area contributed by atoms with Crippen LogP contribution in [0.3, 0.4) is 0 Å². The number of nitrogens with zero attached hydrogens (tertiary/aromatic N) is 1. The number of ether oxygens (including phenoxy) is 1. The molecule has 0 radical (unpaired) electrons. The molecule has 0 saturated heterocycles. The molecule has 1 fully saturated rings. The number of hydrogen-bond acceptors (Lipinski definition) is 3. The summed E-state index contributed by atoms with van der Waals surface area (Å²) < 4.78 is 4.93. The fourth-order valence-electron chi connectivity index (χ4n) is 1.48. The molecule has 0 atom stereocenters. The van der Waals surface area contributed by atoms with Crippen LogP contribution in [0.5, 0.6) is 5.88 Å². The number of carbonyl (C=O) groups is 1. The van der Waals surface area contributed by atoms with Gasteiger partial charge in [0.05, 0.1) is 19.0 Å². The lowest BCUT2D eigenvalue weighted by molar-refractivity contribution is 0.240. The molecule has 2 amide bonds. The Hall–Kier alpha value is -1.78. The van der Waals surface area contributed by atoms with E-state index in [2.05, 4.69) is 15.6 Å². The van der Waals surface area contributed by atoms with E-state index in [0.717, 1.165) is 12.8 Å². The number of anilines is 1. The third kappa shape index (κ3) is 2.62. The van der Waals surface area contributed by atoms with Crippen LogP contribution in [0.1, 0.15) is 19.3 Å². The second kappa shape index (κ2) is 4.83. The van der Waals surface area contributed by atoms with Gasteiger partial charge in [-0.05, 0) is 25.3 Å². The summed E-state index contributed by atoms with van der Waals surface area (Å²) in [6, 6.07) is 3.63. The van der Waals surface area contributed by atoms with Crippen molar-refractivity contribution in [3.8, 4) is 5.88 Å². The molecule has 2 N–H and O–H groups in total. The Labute approximate surface area is 94.2 Å². The zero-order valence-electron chi connectivity index (χ0n) is 9.19. The minimum atomic E-state index is -0.170. The van der Waals surface area contributed by atoms with Crippen LogP contribution in [0.15, 0.2) is 18.3 Å². The lowest BCUT2D eigenvalue weighted by atomic mass is 9.93. The van der Waals surface area contributed by atoms with Gasteiger partial charge in [0.15, 0.2) is 0 Å². The van der Waals surface area contributed by atoms with Crippen molar-refractivity contribution in [3.05, 3.63) is 18.3 Å². The van der Waals surface area contributed by atoms with Crippen LogP contribution < -0.4 is 15.4 Å². The van der Waals surface area contributed by atoms with Crippen LogP contribution >= 0.6 is 0 Å². The molecule has 5 heteroatoms. The van der Waals surface area contributed by atoms with Gasteiger partial charge in [-0.15, -0.1) is 0 Å². The van der Waals surface area contributed by atoms with E-state index in [9.17, 15) is 4.79 Å². The summed E-state index contributed by atoms with van der Waals surface area (Å²) in [5, 5.41) is 5.61. The van der Waals surface area contributed by atoms with Crippen LogP contribution in [-0.4, -0.2) is 24.2 Å². The number of nitrogens with one attached hydrogen (secondary N) is 2. The maximum absolute atomic E-state index is 11.5. The van der Waals surface area contributed by atoms with Gasteiger partial charge in [0.1, 0.15) is 0 Å². The first-order chi connectivity index (χ1) is 7.78. The highest BCUT2D eigenvalue weighted by molar-refractivity contribution is 5.89. The monoisotopic (exact) mass is 221 g/mol. The van der Waals surface area contributed by atoms with Gasteiger partial charge >= 0.3 is 6.03 Å². The largest absolute Gasteiger partial charge is 0.481 e. The Balaban J connectivity index is 1.84. The standard InChI is InChI=1S/C11H15N3O2/c1-16-10-6-5-9(7-12-10)14-11(15)13-8-3-2-4-8/h5-8H,2-4H2,1H3,(H2,13,14,15). The molecular formula is C11H15N3O2. The molecule has 0 spiro atoms. The van der Waals surface area contributed by atoms with Crippen LogP contribution in [0.25, 0.3) is 0 Å². The van der Waals surface area contributed by atoms with Crippen molar-refractivity contribution >= 4 is 11.7 Å². The Morgan fingerprint density at radius 3 is 2.81 bits per heavy atom. The SMILES string of the molecule is COc1ccc(NC(=O)NC2CCC2)cn1. The molecule has 1 aromatic heterocycles. The Kier molecular flexibility index (Phi) is 3.24. The normalized spacial score (nSPS) is 15.1.